The fourth-order valence-electron chi connectivity index (χ4n) is 3.61. The summed E-state index contributed by atoms with van der Waals surface area (Å²) in [4.78, 5) is 23.0. The summed E-state index contributed by atoms with van der Waals surface area (Å²) in [6, 6.07) is 3.60. The van der Waals surface area contributed by atoms with Crippen LogP contribution < -0.4 is 20.9 Å². The smallest absolute Gasteiger partial charge is 0.434 e. The molecule has 0 saturated heterocycles. The van der Waals surface area contributed by atoms with Crippen molar-refractivity contribution < 1.29 is 26.8 Å². The number of carbonyl (C=O) groups excluding carboxylic acids is 1. The minimum absolute atomic E-state index is 0.0245. The lowest BCUT2D eigenvalue weighted by molar-refractivity contribution is 0.0997. The minimum atomic E-state index is -4.54. The van der Waals surface area contributed by atoms with Crippen LogP contribution in [0.2, 0.25) is 5.02 Å². The second-order valence-corrected chi connectivity index (χ2v) is 9.68. The van der Waals surface area contributed by atoms with E-state index in [0.717, 1.165) is 17.7 Å². The number of nitrogens with zero attached hydrogens (tertiary/aromatic N) is 1. The van der Waals surface area contributed by atoms with Crippen molar-refractivity contribution in [3.05, 3.63) is 73.8 Å². The van der Waals surface area contributed by atoms with Gasteiger partial charge < -0.3 is 14.9 Å². The van der Waals surface area contributed by atoms with Gasteiger partial charge in [0.1, 0.15) is 17.6 Å². The Kier molecular flexibility index (Phi) is 7.15. The molecule has 0 bridgehead atoms. The number of primary amides is 1. The number of benzene rings is 2. The summed E-state index contributed by atoms with van der Waals surface area (Å²) in [7, 11) is -3.27. The van der Waals surface area contributed by atoms with Crippen LogP contribution >= 0.6 is 11.6 Å². The van der Waals surface area contributed by atoms with Gasteiger partial charge in [0.05, 0.1) is 22.6 Å². The number of aromatic amines is 1. The van der Waals surface area contributed by atoms with Crippen molar-refractivity contribution in [2.24, 2.45) is 5.73 Å². The van der Waals surface area contributed by atoms with Gasteiger partial charge in [0.15, 0.2) is 0 Å². The highest BCUT2D eigenvalue weighted by Crippen LogP contribution is 2.36. The number of aromatic nitrogens is 2. The van der Waals surface area contributed by atoms with Gasteiger partial charge in [-0.3, -0.25) is 4.79 Å². The van der Waals surface area contributed by atoms with E-state index in [1.807, 2.05) is 0 Å². The van der Waals surface area contributed by atoms with Gasteiger partial charge in [0, 0.05) is 12.0 Å². The van der Waals surface area contributed by atoms with Crippen LogP contribution in [-0.4, -0.2) is 31.6 Å². The molecule has 3 rings (SSSR count). The predicted molar refractivity (Wildman–Crippen MR) is 121 cm³/mol. The van der Waals surface area contributed by atoms with Crippen molar-refractivity contribution in [3.8, 4) is 5.75 Å². The zero-order chi connectivity index (χ0) is 25.4. The minimum Gasteiger partial charge on any atom is -0.495 e. The van der Waals surface area contributed by atoms with E-state index in [0.29, 0.717) is 5.56 Å². The van der Waals surface area contributed by atoms with Crippen LogP contribution in [0.15, 0.2) is 38.4 Å². The van der Waals surface area contributed by atoms with Gasteiger partial charge >= 0.3 is 5.76 Å². The first-order chi connectivity index (χ1) is 15.9. The van der Waals surface area contributed by atoms with Gasteiger partial charge in [-0.1, -0.05) is 24.6 Å². The fourth-order valence-corrected chi connectivity index (χ4v) is 5.33. The van der Waals surface area contributed by atoms with Gasteiger partial charge in [0.25, 0.3) is 0 Å². The number of methoxy groups -OCH3 is 1. The van der Waals surface area contributed by atoms with E-state index in [9.17, 15) is 22.4 Å². The topological polar surface area (TPSA) is 157 Å². The van der Waals surface area contributed by atoms with Crippen LogP contribution in [0.1, 0.15) is 51.8 Å². The molecule has 1 amide bonds. The maximum absolute atomic E-state index is 14.8. The quantitative estimate of drug-likeness (QED) is 0.418. The number of halogens is 2. The Balaban J connectivity index is 2.18. The molecule has 0 aliphatic carbocycles. The van der Waals surface area contributed by atoms with E-state index in [1.54, 1.807) is 26.8 Å². The highest BCUT2D eigenvalue weighted by Gasteiger charge is 2.35. The Morgan fingerprint density at radius 1 is 1.32 bits per heavy atom. The van der Waals surface area contributed by atoms with E-state index in [4.69, 9.17) is 26.5 Å². The summed E-state index contributed by atoms with van der Waals surface area (Å²) in [5.74, 6) is -3.82. The molecule has 1 heterocycles. The normalized spacial score (nSPS) is 13.5. The van der Waals surface area contributed by atoms with Crippen LogP contribution in [0, 0.1) is 19.7 Å². The molecule has 3 aromatic rings. The number of rotatable bonds is 8. The molecule has 0 aliphatic heterocycles. The highest BCUT2D eigenvalue weighted by molar-refractivity contribution is 7.89. The maximum atomic E-state index is 14.8. The molecule has 2 unspecified atom stereocenters. The molecule has 0 saturated carbocycles. The summed E-state index contributed by atoms with van der Waals surface area (Å²) < 4.78 is 54.1. The molecule has 0 spiro atoms. The first kappa shape index (κ1) is 25.4. The molecule has 10 nitrogen and oxygen atoms in total. The van der Waals surface area contributed by atoms with Gasteiger partial charge in [-0.05, 0) is 42.7 Å². The third-order valence-corrected chi connectivity index (χ3v) is 7.28. The second-order valence-electron chi connectivity index (χ2n) is 7.59. The number of H-pyrrole nitrogens is 1. The van der Waals surface area contributed by atoms with Gasteiger partial charge in [-0.2, -0.15) is 4.72 Å². The number of sulfonamides is 1. The number of hydrogen-bond donors (Lipinski definition) is 3. The number of hydrogen-bond acceptors (Lipinski definition) is 7. The van der Waals surface area contributed by atoms with Gasteiger partial charge in [0.2, 0.25) is 21.8 Å². The summed E-state index contributed by atoms with van der Waals surface area (Å²) in [5, 5.41) is 5.77. The first-order valence-corrected chi connectivity index (χ1v) is 11.7. The van der Waals surface area contributed by atoms with Crippen molar-refractivity contribution in [1.82, 2.24) is 14.9 Å². The summed E-state index contributed by atoms with van der Waals surface area (Å²) >= 11 is 6.03. The van der Waals surface area contributed by atoms with Crippen LogP contribution in [-0.2, 0) is 10.0 Å². The Morgan fingerprint density at radius 2 is 2.00 bits per heavy atom. The molecule has 0 aliphatic rings. The van der Waals surface area contributed by atoms with Gasteiger partial charge in [-0.15, -0.1) is 5.10 Å². The Morgan fingerprint density at radius 3 is 2.56 bits per heavy atom. The molecule has 2 atom stereocenters. The zero-order valence-electron chi connectivity index (χ0n) is 18.6. The second kappa shape index (κ2) is 9.57. The Bertz CT molecular complexity index is 1420. The fraction of sp³-hybridized carbons (Fsp3) is 0.286. The molecule has 13 heteroatoms. The molecular weight excluding hydrogens is 491 g/mol. The average Bonchev–Trinajstić information content (AvgIpc) is 3.20. The van der Waals surface area contributed by atoms with Crippen LogP contribution in [0.3, 0.4) is 0 Å². The molecule has 0 fully saturated rings. The lowest BCUT2D eigenvalue weighted by atomic mass is 9.88. The molecule has 0 radical (unpaired) electrons. The number of ether oxygens (including phenoxy) is 1. The highest BCUT2D eigenvalue weighted by atomic mass is 35.5. The van der Waals surface area contributed by atoms with Crippen LogP contribution in [0.4, 0.5) is 4.39 Å². The van der Waals surface area contributed by atoms with E-state index in [-0.39, 0.29) is 22.2 Å². The number of nitrogens with two attached hydrogens (primary N) is 1. The Labute approximate surface area is 199 Å². The monoisotopic (exact) mass is 512 g/mol. The summed E-state index contributed by atoms with van der Waals surface area (Å²) in [6.45, 7) is 5.01. The largest absolute Gasteiger partial charge is 0.495 e. The van der Waals surface area contributed by atoms with Crippen LogP contribution in [0.5, 0.6) is 5.75 Å². The zero-order valence-corrected chi connectivity index (χ0v) is 20.2. The standard InChI is InChI=1S/C21H22ClFN4O6S/c1-9-5-6-14(23)17(10(9)2)11(3)18(20-25-26-21(29)33-20)27-34(30,31)16-8-15(32-4)13(22)7-12(16)19(24)28/h5-8,11,18,27H,1-4H3,(H2,24,28)(H,26,29). The lowest BCUT2D eigenvalue weighted by Crippen LogP contribution is -2.34. The maximum Gasteiger partial charge on any atom is 0.434 e. The van der Waals surface area contributed by atoms with Crippen molar-refractivity contribution in [3.63, 3.8) is 0 Å². The van der Waals surface area contributed by atoms with Crippen molar-refractivity contribution in [1.29, 1.82) is 0 Å². The molecule has 182 valence electrons. The van der Waals surface area contributed by atoms with E-state index < -0.39 is 49.9 Å². The predicted octanol–water partition coefficient (Wildman–Crippen LogP) is 2.70. The first-order valence-electron chi connectivity index (χ1n) is 9.88. The number of amides is 1. The molecular formula is C21H22ClFN4O6S. The molecule has 34 heavy (non-hydrogen) atoms. The van der Waals surface area contributed by atoms with Crippen molar-refractivity contribution in [2.45, 2.75) is 37.6 Å². The molecule has 1 aromatic heterocycles. The number of nitrogens with one attached hydrogen (secondary N) is 2. The Hall–Kier alpha value is -3.22. The van der Waals surface area contributed by atoms with E-state index in [1.165, 1.54) is 13.2 Å². The van der Waals surface area contributed by atoms with Crippen LogP contribution in [0.25, 0.3) is 0 Å². The summed E-state index contributed by atoms with van der Waals surface area (Å²) in [6.07, 6.45) is 0. The third kappa shape index (κ3) is 4.83. The van der Waals surface area contributed by atoms with E-state index >= 15 is 0 Å². The van der Waals surface area contributed by atoms with E-state index in [2.05, 4.69) is 14.9 Å². The number of aryl methyl sites for hydroxylation is 1. The lowest BCUT2D eigenvalue weighted by Gasteiger charge is -2.25. The molecule has 2 aromatic carbocycles. The third-order valence-electron chi connectivity index (χ3n) is 5.50. The van der Waals surface area contributed by atoms with Crippen molar-refractivity contribution in [2.75, 3.05) is 7.11 Å². The number of carbonyl (C=O) groups is 1. The summed E-state index contributed by atoms with van der Waals surface area (Å²) in [5.41, 5.74) is 6.52. The SMILES string of the molecule is COc1cc(S(=O)(=O)NC(c2n[nH]c(=O)o2)C(C)c2c(F)ccc(C)c2C)c(C(N)=O)cc1Cl. The van der Waals surface area contributed by atoms with Crippen molar-refractivity contribution >= 4 is 27.5 Å². The molecule has 4 N–H and O–H groups in total. The van der Waals surface area contributed by atoms with Gasteiger partial charge in [-0.25, -0.2) is 22.7 Å². The average molecular weight is 513 g/mol.